The van der Waals surface area contributed by atoms with Crippen molar-refractivity contribution in [1.29, 1.82) is 0 Å². The third-order valence-corrected chi connectivity index (χ3v) is 3.27. The highest BCUT2D eigenvalue weighted by Crippen LogP contribution is 2.14. The second-order valence-electron chi connectivity index (χ2n) is 5.15. The van der Waals surface area contributed by atoms with Gasteiger partial charge in [0.25, 0.3) is 0 Å². The number of carbonyl (C=O) groups excluding carboxylic acids is 2. The molecule has 0 aliphatic heterocycles. The Morgan fingerprint density at radius 2 is 1.91 bits per heavy atom. The maximum Gasteiger partial charge on any atom is 0.220 e. The topological polar surface area (TPSA) is 68.5 Å². The van der Waals surface area contributed by atoms with E-state index in [2.05, 4.69) is 5.32 Å². The number of benzene rings is 1. The van der Waals surface area contributed by atoms with E-state index in [1.54, 1.807) is 42.7 Å². The third-order valence-electron chi connectivity index (χ3n) is 3.27. The van der Waals surface area contributed by atoms with Crippen LogP contribution in [0.15, 0.2) is 47.1 Å². The van der Waals surface area contributed by atoms with Gasteiger partial charge in [-0.25, -0.2) is 0 Å². The smallest absolute Gasteiger partial charge is 0.220 e. The average Bonchev–Trinajstić information content (AvgIpc) is 3.10. The van der Waals surface area contributed by atoms with Crippen molar-refractivity contribution in [3.8, 4) is 5.75 Å². The predicted octanol–water partition coefficient (Wildman–Crippen LogP) is 3.35. The van der Waals surface area contributed by atoms with Crippen molar-refractivity contribution in [2.75, 3.05) is 6.61 Å². The summed E-state index contributed by atoms with van der Waals surface area (Å²) in [4.78, 5) is 23.8. The van der Waals surface area contributed by atoms with Crippen molar-refractivity contribution in [3.63, 3.8) is 0 Å². The molecule has 0 unspecified atom stereocenters. The quantitative estimate of drug-likeness (QED) is 0.721. The van der Waals surface area contributed by atoms with Gasteiger partial charge in [-0.1, -0.05) is 6.92 Å². The van der Waals surface area contributed by atoms with E-state index in [1.165, 1.54) is 0 Å². The molecule has 0 fully saturated rings. The van der Waals surface area contributed by atoms with Crippen LogP contribution in [0.25, 0.3) is 0 Å². The van der Waals surface area contributed by atoms with Crippen molar-refractivity contribution >= 4 is 11.7 Å². The highest BCUT2D eigenvalue weighted by atomic mass is 16.5. The second-order valence-corrected chi connectivity index (χ2v) is 5.15. The molecular formula is C18H21NO4. The van der Waals surface area contributed by atoms with E-state index in [1.807, 2.05) is 6.92 Å². The molecule has 2 rings (SSSR count). The predicted molar refractivity (Wildman–Crippen MR) is 86.3 cm³/mol. The molecule has 1 amide bonds. The second kappa shape index (κ2) is 8.78. The summed E-state index contributed by atoms with van der Waals surface area (Å²) in [6, 6.07) is 10.6. The monoisotopic (exact) mass is 315 g/mol. The van der Waals surface area contributed by atoms with Crippen LogP contribution in [0.1, 0.15) is 42.3 Å². The number of nitrogens with one attached hydrogen (secondary N) is 1. The molecule has 5 nitrogen and oxygen atoms in total. The molecule has 0 radical (unpaired) electrons. The van der Waals surface area contributed by atoms with Crippen LogP contribution in [0, 0.1) is 0 Å². The number of carbonyl (C=O) groups is 2. The molecule has 122 valence electrons. The van der Waals surface area contributed by atoms with Crippen LogP contribution in [-0.4, -0.2) is 18.3 Å². The van der Waals surface area contributed by atoms with Crippen LogP contribution < -0.4 is 10.1 Å². The Balaban J connectivity index is 1.74. The fourth-order valence-corrected chi connectivity index (χ4v) is 2.02. The summed E-state index contributed by atoms with van der Waals surface area (Å²) < 4.78 is 10.6. The molecule has 23 heavy (non-hydrogen) atoms. The molecule has 1 aromatic heterocycles. The Morgan fingerprint density at radius 1 is 1.13 bits per heavy atom. The SMILES string of the molecule is CCCOc1ccc(C(=O)CCC(=O)NCc2ccco2)cc1. The zero-order valence-corrected chi connectivity index (χ0v) is 13.2. The van der Waals surface area contributed by atoms with Crippen LogP contribution in [0.2, 0.25) is 0 Å². The van der Waals surface area contributed by atoms with Gasteiger partial charge in [-0.2, -0.15) is 0 Å². The fraction of sp³-hybridized carbons (Fsp3) is 0.333. The number of hydrogen-bond acceptors (Lipinski definition) is 4. The first-order valence-corrected chi connectivity index (χ1v) is 7.74. The molecule has 2 aromatic rings. The van der Waals surface area contributed by atoms with E-state index in [-0.39, 0.29) is 24.5 Å². The normalized spacial score (nSPS) is 10.3. The Hall–Kier alpha value is -2.56. The molecule has 0 saturated carbocycles. The highest BCUT2D eigenvalue weighted by molar-refractivity contribution is 5.98. The van der Waals surface area contributed by atoms with Gasteiger partial charge < -0.3 is 14.5 Å². The van der Waals surface area contributed by atoms with Crippen molar-refractivity contribution in [2.24, 2.45) is 0 Å². The fourth-order valence-electron chi connectivity index (χ4n) is 2.02. The van der Waals surface area contributed by atoms with Gasteiger partial charge in [0.15, 0.2) is 5.78 Å². The number of ether oxygens (including phenoxy) is 1. The number of rotatable bonds is 9. The van der Waals surface area contributed by atoms with Gasteiger partial charge in [-0.3, -0.25) is 9.59 Å². The standard InChI is InChI=1S/C18H21NO4/c1-2-11-22-15-7-5-14(6-8-15)17(20)9-10-18(21)19-13-16-4-3-12-23-16/h3-8,12H,2,9-11,13H2,1H3,(H,19,21). The van der Waals surface area contributed by atoms with Gasteiger partial charge in [0.05, 0.1) is 19.4 Å². The third kappa shape index (κ3) is 5.62. The van der Waals surface area contributed by atoms with Crippen molar-refractivity contribution in [3.05, 3.63) is 54.0 Å². The number of furan rings is 1. The summed E-state index contributed by atoms with van der Waals surface area (Å²) >= 11 is 0. The van der Waals surface area contributed by atoms with E-state index >= 15 is 0 Å². The van der Waals surface area contributed by atoms with Gasteiger partial charge in [0.2, 0.25) is 5.91 Å². The molecule has 0 atom stereocenters. The number of amides is 1. The van der Waals surface area contributed by atoms with Crippen molar-refractivity contribution < 1.29 is 18.7 Å². The maximum atomic E-state index is 12.1. The first kappa shape index (κ1) is 16.8. The summed E-state index contributed by atoms with van der Waals surface area (Å²) in [5, 5.41) is 2.72. The van der Waals surface area contributed by atoms with E-state index in [0.717, 1.165) is 12.2 Å². The highest BCUT2D eigenvalue weighted by Gasteiger charge is 2.10. The van der Waals surface area contributed by atoms with Crippen molar-refractivity contribution in [1.82, 2.24) is 5.32 Å². The van der Waals surface area contributed by atoms with Gasteiger partial charge in [-0.05, 0) is 42.8 Å². The maximum absolute atomic E-state index is 12.1. The summed E-state index contributed by atoms with van der Waals surface area (Å²) in [6.45, 7) is 3.03. The first-order chi connectivity index (χ1) is 11.2. The first-order valence-electron chi connectivity index (χ1n) is 7.74. The Morgan fingerprint density at radius 3 is 2.57 bits per heavy atom. The Kier molecular flexibility index (Phi) is 6.41. The molecule has 0 spiro atoms. The average molecular weight is 315 g/mol. The van der Waals surface area contributed by atoms with Crippen LogP contribution in [0.3, 0.4) is 0 Å². The lowest BCUT2D eigenvalue weighted by Crippen LogP contribution is -2.23. The lowest BCUT2D eigenvalue weighted by atomic mass is 10.1. The summed E-state index contributed by atoms with van der Waals surface area (Å²) in [5.74, 6) is 1.21. The number of hydrogen-bond donors (Lipinski definition) is 1. The van der Waals surface area contributed by atoms with Crippen LogP contribution in [0.5, 0.6) is 5.75 Å². The van der Waals surface area contributed by atoms with Crippen LogP contribution in [-0.2, 0) is 11.3 Å². The largest absolute Gasteiger partial charge is 0.494 e. The van der Waals surface area contributed by atoms with E-state index in [9.17, 15) is 9.59 Å². The van der Waals surface area contributed by atoms with Gasteiger partial charge in [0.1, 0.15) is 11.5 Å². The minimum atomic E-state index is -0.169. The summed E-state index contributed by atoms with van der Waals surface area (Å²) in [5.41, 5.74) is 0.590. The Labute approximate surface area is 135 Å². The molecule has 1 heterocycles. The minimum Gasteiger partial charge on any atom is -0.494 e. The molecule has 5 heteroatoms. The molecule has 0 aliphatic rings. The minimum absolute atomic E-state index is 0.0554. The van der Waals surface area contributed by atoms with Crippen molar-refractivity contribution in [2.45, 2.75) is 32.7 Å². The van der Waals surface area contributed by atoms with Crippen LogP contribution >= 0.6 is 0 Å². The zero-order chi connectivity index (χ0) is 16.5. The molecule has 0 aliphatic carbocycles. The molecule has 0 bridgehead atoms. The summed E-state index contributed by atoms with van der Waals surface area (Å²) in [7, 11) is 0. The van der Waals surface area contributed by atoms with Gasteiger partial charge >= 0.3 is 0 Å². The Bertz CT molecular complexity index is 617. The van der Waals surface area contributed by atoms with E-state index in [0.29, 0.717) is 24.5 Å². The molecular weight excluding hydrogens is 294 g/mol. The zero-order valence-electron chi connectivity index (χ0n) is 13.2. The molecule has 0 saturated heterocycles. The molecule has 1 N–H and O–H groups in total. The van der Waals surface area contributed by atoms with E-state index in [4.69, 9.17) is 9.15 Å². The molecule has 1 aromatic carbocycles. The number of Topliss-reactive ketones (excluding diaryl/α,β-unsaturated/α-hetero) is 1. The summed E-state index contributed by atoms with van der Waals surface area (Å²) in [6.07, 6.45) is 2.83. The van der Waals surface area contributed by atoms with Crippen LogP contribution in [0.4, 0.5) is 0 Å². The number of ketones is 1. The van der Waals surface area contributed by atoms with E-state index < -0.39 is 0 Å². The van der Waals surface area contributed by atoms with Gasteiger partial charge in [-0.15, -0.1) is 0 Å². The lowest BCUT2D eigenvalue weighted by Gasteiger charge is -2.06. The lowest BCUT2D eigenvalue weighted by molar-refractivity contribution is -0.121. The van der Waals surface area contributed by atoms with Gasteiger partial charge in [0, 0.05) is 18.4 Å².